The standard InChI is InChI=1S/C14H18N2O3S/c1-2-19-13(17)6-4-8-16-14(18)11-9-12(20-10-11)5-3-7-15/h9-10H,2,4,6-8,15H2,1H3,(H,16,18). The predicted octanol–water partition coefficient (Wildman–Crippen LogP) is 1.13. The van der Waals surface area contributed by atoms with Gasteiger partial charge in [0.1, 0.15) is 0 Å². The van der Waals surface area contributed by atoms with Crippen LogP contribution in [0.5, 0.6) is 0 Å². The predicted molar refractivity (Wildman–Crippen MR) is 78.5 cm³/mol. The first-order valence-corrected chi connectivity index (χ1v) is 7.26. The quantitative estimate of drug-likeness (QED) is 0.468. The molecule has 0 aliphatic carbocycles. The molecule has 3 N–H and O–H groups in total. The number of nitrogens with one attached hydrogen (secondary N) is 1. The van der Waals surface area contributed by atoms with Gasteiger partial charge < -0.3 is 15.8 Å². The molecule has 0 bridgehead atoms. The van der Waals surface area contributed by atoms with E-state index in [4.69, 9.17) is 10.5 Å². The van der Waals surface area contributed by atoms with Crippen LogP contribution in [0.1, 0.15) is 35.0 Å². The second-order valence-corrected chi connectivity index (χ2v) is 4.78. The van der Waals surface area contributed by atoms with Crippen molar-refractivity contribution in [2.24, 2.45) is 5.73 Å². The van der Waals surface area contributed by atoms with Crippen molar-refractivity contribution in [1.82, 2.24) is 5.32 Å². The summed E-state index contributed by atoms with van der Waals surface area (Å²) < 4.78 is 4.80. The van der Waals surface area contributed by atoms with Gasteiger partial charge in [0.2, 0.25) is 0 Å². The number of thiophene rings is 1. The van der Waals surface area contributed by atoms with E-state index in [0.29, 0.717) is 38.1 Å². The van der Waals surface area contributed by atoms with E-state index < -0.39 is 0 Å². The van der Waals surface area contributed by atoms with E-state index >= 15 is 0 Å². The van der Waals surface area contributed by atoms with Crippen LogP contribution in [0.2, 0.25) is 0 Å². The zero-order valence-electron chi connectivity index (χ0n) is 11.4. The van der Waals surface area contributed by atoms with Crippen LogP contribution in [-0.2, 0) is 9.53 Å². The van der Waals surface area contributed by atoms with Gasteiger partial charge in [-0.2, -0.15) is 0 Å². The van der Waals surface area contributed by atoms with Crippen LogP contribution in [0.3, 0.4) is 0 Å². The molecule has 1 amide bonds. The van der Waals surface area contributed by atoms with Crippen LogP contribution < -0.4 is 11.1 Å². The Morgan fingerprint density at radius 3 is 3.00 bits per heavy atom. The molecule has 0 atom stereocenters. The first-order chi connectivity index (χ1) is 9.67. The Morgan fingerprint density at radius 1 is 1.50 bits per heavy atom. The zero-order valence-corrected chi connectivity index (χ0v) is 12.2. The zero-order chi connectivity index (χ0) is 14.8. The molecule has 108 valence electrons. The maximum absolute atomic E-state index is 11.8. The molecule has 0 saturated heterocycles. The second kappa shape index (κ2) is 9.13. The lowest BCUT2D eigenvalue weighted by Crippen LogP contribution is -2.24. The first kappa shape index (κ1) is 16.2. The van der Waals surface area contributed by atoms with E-state index in [0.717, 1.165) is 4.88 Å². The summed E-state index contributed by atoms with van der Waals surface area (Å²) in [6, 6.07) is 1.73. The van der Waals surface area contributed by atoms with Crippen LogP contribution in [0.4, 0.5) is 0 Å². The Hall–Kier alpha value is -1.84. The van der Waals surface area contributed by atoms with Crippen LogP contribution in [0, 0.1) is 11.8 Å². The van der Waals surface area contributed by atoms with E-state index in [9.17, 15) is 9.59 Å². The monoisotopic (exact) mass is 294 g/mol. The van der Waals surface area contributed by atoms with Gasteiger partial charge in [0, 0.05) is 18.3 Å². The molecular formula is C14H18N2O3S. The Kier molecular flexibility index (Phi) is 7.40. The fraction of sp³-hybridized carbons (Fsp3) is 0.429. The number of hydrogen-bond acceptors (Lipinski definition) is 5. The third kappa shape index (κ3) is 5.87. The minimum Gasteiger partial charge on any atom is -0.466 e. The molecule has 0 spiro atoms. The van der Waals surface area contributed by atoms with Crippen molar-refractivity contribution in [2.75, 3.05) is 19.7 Å². The van der Waals surface area contributed by atoms with E-state index in [1.807, 2.05) is 0 Å². The van der Waals surface area contributed by atoms with E-state index in [2.05, 4.69) is 17.2 Å². The molecule has 0 aliphatic rings. The van der Waals surface area contributed by atoms with Crippen molar-refractivity contribution in [3.8, 4) is 11.8 Å². The Morgan fingerprint density at radius 2 is 2.30 bits per heavy atom. The molecule has 0 radical (unpaired) electrons. The van der Waals surface area contributed by atoms with E-state index in [1.54, 1.807) is 18.4 Å². The van der Waals surface area contributed by atoms with Crippen LogP contribution in [-0.4, -0.2) is 31.6 Å². The van der Waals surface area contributed by atoms with Crippen molar-refractivity contribution in [3.05, 3.63) is 21.9 Å². The summed E-state index contributed by atoms with van der Waals surface area (Å²) in [6.07, 6.45) is 0.875. The van der Waals surface area contributed by atoms with Crippen LogP contribution >= 0.6 is 11.3 Å². The number of hydrogen-bond donors (Lipinski definition) is 2. The van der Waals surface area contributed by atoms with Gasteiger partial charge in [-0.05, 0) is 19.4 Å². The molecule has 0 fully saturated rings. The van der Waals surface area contributed by atoms with Crippen molar-refractivity contribution in [3.63, 3.8) is 0 Å². The first-order valence-electron chi connectivity index (χ1n) is 6.38. The van der Waals surface area contributed by atoms with Gasteiger partial charge in [0.05, 0.1) is 23.6 Å². The molecular weight excluding hydrogens is 276 g/mol. The number of amides is 1. The molecule has 20 heavy (non-hydrogen) atoms. The summed E-state index contributed by atoms with van der Waals surface area (Å²) in [4.78, 5) is 23.7. The van der Waals surface area contributed by atoms with Gasteiger partial charge >= 0.3 is 5.97 Å². The minimum atomic E-state index is -0.239. The lowest BCUT2D eigenvalue weighted by Gasteiger charge is -2.03. The van der Waals surface area contributed by atoms with Crippen molar-refractivity contribution >= 4 is 23.2 Å². The van der Waals surface area contributed by atoms with Crippen LogP contribution in [0.15, 0.2) is 11.4 Å². The molecule has 1 heterocycles. The molecule has 0 aromatic carbocycles. The summed E-state index contributed by atoms with van der Waals surface area (Å²) in [5, 5.41) is 4.50. The molecule has 6 heteroatoms. The van der Waals surface area contributed by atoms with Crippen molar-refractivity contribution in [2.45, 2.75) is 19.8 Å². The molecule has 5 nitrogen and oxygen atoms in total. The Bertz CT molecular complexity index is 514. The summed E-state index contributed by atoms with van der Waals surface area (Å²) in [7, 11) is 0. The highest BCUT2D eigenvalue weighted by atomic mass is 32.1. The minimum absolute atomic E-state index is 0.161. The summed E-state index contributed by atoms with van der Waals surface area (Å²) >= 11 is 1.40. The molecule has 1 aromatic rings. The fourth-order valence-electron chi connectivity index (χ4n) is 1.43. The molecule has 0 unspecified atom stereocenters. The Balaban J connectivity index is 2.32. The number of ether oxygens (including phenoxy) is 1. The largest absolute Gasteiger partial charge is 0.466 e. The Labute approximate surface area is 122 Å². The molecule has 1 rings (SSSR count). The van der Waals surface area contributed by atoms with Gasteiger partial charge in [-0.1, -0.05) is 11.8 Å². The highest BCUT2D eigenvalue weighted by molar-refractivity contribution is 7.10. The third-order valence-electron chi connectivity index (χ3n) is 2.32. The van der Waals surface area contributed by atoms with Gasteiger partial charge in [0.25, 0.3) is 5.91 Å². The maximum Gasteiger partial charge on any atom is 0.305 e. The number of nitrogens with two attached hydrogens (primary N) is 1. The topological polar surface area (TPSA) is 81.4 Å². The normalized spacial score (nSPS) is 9.50. The maximum atomic E-state index is 11.8. The third-order valence-corrected chi connectivity index (χ3v) is 3.17. The average Bonchev–Trinajstić information content (AvgIpc) is 2.90. The van der Waals surface area contributed by atoms with Gasteiger partial charge in [-0.3, -0.25) is 9.59 Å². The molecule has 0 saturated carbocycles. The van der Waals surface area contributed by atoms with Gasteiger partial charge in [-0.15, -0.1) is 11.3 Å². The van der Waals surface area contributed by atoms with E-state index in [1.165, 1.54) is 11.3 Å². The fourth-order valence-corrected chi connectivity index (χ4v) is 2.18. The SMILES string of the molecule is CCOC(=O)CCCNC(=O)c1csc(C#CCN)c1. The highest BCUT2D eigenvalue weighted by Crippen LogP contribution is 2.13. The van der Waals surface area contributed by atoms with Crippen LogP contribution in [0.25, 0.3) is 0 Å². The van der Waals surface area contributed by atoms with Gasteiger partial charge in [0.15, 0.2) is 0 Å². The number of carbonyl (C=O) groups is 2. The lowest BCUT2D eigenvalue weighted by atomic mass is 10.2. The number of rotatable bonds is 6. The summed E-state index contributed by atoms with van der Waals surface area (Å²) in [6.45, 7) is 2.89. The number of esters is 1. The number of carbonyl (C=O) groups excluding carboxylic acids is 2. The summed E-state index contributed by atoms with van der Waals surface area (Å²) in [5.41, 5.74) is 5.86. The van der Waals surface area contributed by atoms with Gasteiger partial charge in [-0.25, -0.2) is 0 Å². The summed E-state index contributed by atoms with van der Waals surface area (Å²) in [5.74, 6) is 5.22. The average molecular weight is 294 g/mol. The van der Waals surface area contributed by atoms with Crippen molar-refractivity contribution < 1.29 is 14.3 Å². The van der Waals surface area contributed by atoms with E-state index in [-0.39, 0.29) is 11.9 Å². The highest BCUT2D eigenvalue weighted by Gasteiger charge is 2.08. The van der Waals surface area contributed by atoms with Crippen molar-refractivity contribution in [1.29, 1.82) is 0 Å². The lowest BCUT2D eigenvalue weighted by molar-refractivity contribution is -0.143. The molecule has 1 aromatic heterocycles. The second-order valence-electron chi connectivity index (χ2n) is 3.87. The smallest absolute Gasteiger partial charge is 0.305 e. The molecule has 0 aliphatic heterocycles.